The van der Waals surface area contributed by atoms with Crippen molar-refractivity contribution >= 4 is 11.9 Å². The van der Waals surface area contributed by atoms with Gasteiger partial charge >= 0.3 is 5.97 Å². The number of ether oxygens (including phenoxy) is 1. The Balaban J connectivity index is 2.41. The average Bonchev–Trinajstić information content (AvgIpc) is 2.68. The van der Waals surface area contributed by atoms with Crippen LogP contribution in [0.3, 0.4) is 0 Å². The number of nitrogens with one attached hydrogen (secondary N) is 1. The number of aromatic hydroxyl groups is 1. The van der Waals surface area contributed by atoms with Crippen LogP contribution >= 0.6 is 0 Å². The molecule has 0 radical (unpaired) electrons. The number of aromatic nitrogens is 1. The van der Waals surface area contributed by atoms with Crippen LogP contribution in [0.25, 0.3) is 0 Å². The fourth-order valence-electron chi connectivity index (χ4n) is 3.84. The number of carbonyl (C=O) groups is 2. The van der Waals surface area contributed by atoms with E-state index < -0.39 is 23.5 Å². The number of amides is 1. The summed E-state index contributed by atoms with van der Waals surface area (Å²) in [5.41, 5.74) is 0.335. The number of methoxy groups -OCH3 is 1. The number of hydrogen-bond donors (Lipinski definition) is 2. The Morgan fingerprint density at radius 1 is 1.21 bits per heavy atom. The molecule has 1 amide bonds. The van der Waals surface area contributed by atoms with E-state index in [4.69, 9.17) is 4.74 Å². The molecule has 7 heteroatoms. The van der Waals surface area contributed by atoms with Gasteiger partial charge in [-0.1, -0.05) is 33.1 Å². The van der Waals surface area contributed by atoms with Crippen LogP contribution < -0.4 is 10.9 Å². The first kappa shape index (κ1) is 22.0. The quantitative estimate of drug-likeness (QED) is 0.726. The average molecular weight is 392 g/mol. The van der Waals surface area contributed by atoms with Gasteiger partial charge in [0, 0.05) is 17.8 Å². The molecule has 1 aromatic rings. The third kappa shape index (κ3) is 4.56. The molecule has 7 nitrogen and oxygen atoms in total. The summed E-state index contributed by atoms with van der Waals surface area (Å²) in [7, 11) is 1.24. The second-order valence-corrected chi connectivity index (χ2v) is 8.07. The molecule has 0 unspecified atom stereocenters. The Labute approximate surface area is 166 Å². The minimum absolute atomic E-state index is 0.227. The van der Waals surface area contributed by atoms with Crippen molar-refractivity contribution in [1.82, 2.24) is 9.88 Å². The van der Waals surface area contributed by atoms with Gasteiger partial charge in [-0.2, -0.15) is 0 Å². The standard InChI is InChI=1S/C21H32N2O5/c1-12(2)17(21(27)28-5)22-19(25)16-18(24)13(3)14(4)23(20(16)26)11-15-9-7-6-8-10-15/h12,15,17,24H,6-11H2,1-5H3,(H,22,25)/t17-/m0/s1. The van der Waals surface area contributed by atoms with E-state index in [0.29, 0.717) is 23.7 Å². The van der Waals surface area contributed by atoms with Crippen LogP contribution in [0, 0.1) is 25.7 Å². The minimum Gasteiger partial charge on any atom is -0.507 e. The molecule has 1 aromatic heterocycles. The third-order valence-corrected chi connectivity index (χ3v) is 5.80. The molecule has 1 fully saturated rings. The molecule has 28 heavy (non-hydrogen) atoms. The predicted octanol–water partition coefficient (Wildman–Crippen LogP) is 2.68. The lowest BCUT2D eigenvalue weighted by molar-refractivity contribution is -0.144. The Bertz CT molecular complexity index is 791. The summed E-state index contributed by atoms with van der Waals surface area (Å²) in [5.74, 6) is -1.51. The summed E-state index contributed by atoms with van der Waals surface area (Å²) in [5, 5.41) is 13.1. The molecule has 0 aromatic carbocycles. The molecule has 1 saturated carbocycles. The normalized spacial score (nSPS) is 16.1. The number of hydrogen-bond acceptors (Lipinski definition) is 5. The van der Waals surface area contributed by atoms with Gasteiger partial charge in [-0.15, -0.1) is 0 Å². The molecule has 2 N–H and O–H groups in total. The van der Waals surface area contributed by atoms with Gasteiger partial charge in [-0.05, 0) is 38.5 Å². The van der Waals surface area contributed by atoms with Crippen LogP contribution in [0.15, 0.2) is 4.79 Å². The van der Waals surface area contributed by atoms with Crippen molar-refractivity contribution in [2.45, 2.75) is 72.4 Å². The summed E-state index contributed by atoms with van der Waals surface area (Å²) in [6, 6.07) is -0.898. The first-order chi connectivity index (χ1) is 13.2. The molecule has 1 aliphatic carbocycles. The lowest BCUT2D eigenvalue weighted by atomic mass is 9.89. The lowest BCUT2D eigenvalue weighted by Crippen LogP contribution is -2.47. The third-order valence-electron chi connectivity index (χ3n) is 5.80. The summed E-state index contributed by atoms with van der Waals surface area (Å²) < 4.78 is 6.34. The first-order valence-corrected chi connectivity index (χ1v) is 10.0. The maximum atomic E-state index is 13.1. The number of carbonyl (C=O) groups excluding carboxylic acids is 2. The fraction of sp³-hybridized carbons (Fsp3) is 0.667. The summed E-state index contributed by atoms with van der Waals surface area (Å²) in [6.45, 7) is 7.55. The van der Waals surface area contributed by atoms with Crippen molar-refractivity contribution in [2.75, 3.05) is 7.11 Å². The Hall–Kier alpha value is -2.31. The molecular weight excluding hydrogens is 360 g/mol. The monoisotopic (exact) mass is 392 g/mol. The predicted molar refractivity (Wildman–Crippen MR) is 107 cm³/mol. The second-order valence-electron chi connectivity index (χ2n) is 8.07. The fourth-order valence-corrected chi connectivity index (χ4v) is 3.84. The molecule has 0 saturated heterocycles. The largest absolute Gasteiger partial charge is 0.507 e. The summed E-state index contributed by atoms with van der Waals surface area (Å²) in [4.78, 5) is 37.9. The van der Waals surface area contributed by atoms with E-state index in [-0.39, 0.29) is 17.2 Å². The number of nitrogens with zero attached hydrogens (tertiary/aromatic N) is 1. The van der Waals surface area contributed by atoms with Crippen molar-refractivity contribution in [3.8, 4) is 5.75 Å². The van der Waals surface area contributed by atoms with Crippen molar-refractivity contribution in [3.63, 3.8) is 0 Å². The molecule has 2 rings (SSSR count). The van der Waals surface area contributed by atoms with Crippen molar-refractivity contribution in [3.05, 3.63) is 27.2 Å². The second kappa shape index (κ2) is 9.26. The molecular formula is C21H32N2O5. The van der Waals surface area contributed by atoms with E-state index in [0.717, 1.165) is 25.7 Å². The highest BCUT2D eigenvalue weighted by atomic mass is 16.5. The number of rotatable bonds is 6. The van der Waals surface area contributed by atoms with Crippen LogP contribution in [0.5, 0.6) is 5.75 Å². The SMILES string of the molecule is COC(=O)[C@@H](NC(=O)c1c(O)c(C)c(C)n(CC2CCCCC2)c1=O)C(C)C. The minimum atomic E-state index is -0.898. The highest BCUT2D eigenvalue weighted by Crippen LogP contribution is 2.27. The number of esters is 1. The van der Waals surface area contributed by atoms with Crippen LogP contribution in [0.4, 0.5) is 0 Å². The van der Waals surface area contributed by atoms with Crippen LogP contribution in [0.1, 0.15) is 67.6 Å². The Kier molecular flexibility index (Phi) is 7.27. The summed E-state index contributed by atoms with van der Waals surface area (Å²) in [6.07, 6.45) is 5.64. The van der Waals surface area contributed by atoms with Crippen LogP contribution in [-0.4, -0.2) is 34.7 Å². The maximum Gasteiger partial charge on any atom is 0.328 e. The molecule has 1 atom stereocenters. The van der Waals surface area contributed by atoms with E-state index in [1.165, 1.54) is 13.5 Å². The van der Waals surface area contributed by atoms with Crippen LogP contribution in [-0.2, 0) is 16.1 Å². The lowest BCUT2D eigenvalue weighted by Gasteiger charge is -2.25. The van der Waals surface area contributed by atoms with Crippen molar-refractivity contribution in [1.29, 1.82) is 0 Å². The van der Waals surface area contributed by atoms with Crippen molar-refractivity contribution in [2.24, 2.45) is 11.8 Å². The van der Waals surface area contributed by atoms with Gasteiger partial charge in [0.05, 0.1) is 7.11 Å². The van der Waals surface area contributed by atoms with Gasteiger partial charge in [0.15, 0.2) is 0 Å². The van der Waals surface area contributed by atoms with Gasteiger partial charge in [0.1, 0.15) is 17.4 Å². The molecule has 0 bridgehead atoms. The topological polar surface area (TPSA) is 97.6 Å². The van der Waals surface area contributed by atoms with E-state index in [9.17, 15) is 19.5 Å². The molecule has 156 valence electrons. The zero-order valence-electron chi connectivity index (χ0n) is 17.5. The van der Waals surface area contributed by atoms with Gasteiger partial charge in [0.25, 0.3) is 11.5 Å². The van der Waals surface area contributed by atoms with Gasteiger partial charge in [-0.25, -0.2) is 4.79 Å². The van der Waals surface area contributed by atoms with E-state index in [1.54, 1.807) is 32.3 Å². The zero-order valence-corrected chi connectivity index (χ0v) is 17.5. The highest BCUT2D eigenvalue weighted by molar-refractivity contribution is 5.99. The molecule has 0 aliphatic heterocycles. The number of pyridine rings is 1. The molecule has 0 spiro atoms. The van der Waals surface area contributed by atoms with Gasteiger partial charge in [0.2, 0.25) is 0 Å². The van der Waals surface area contributed by atoms with E-state index >= 15 is 0 Å². The van der Waals surface area contributed by atoms with Gasteiger partial charge < -0.3 is 19.7 Å². The van der Waals surface area contributed by atoms with E-state index in [2.05, 4.69) is 5.32 Å². The van der Waals surface area contributed by atoms with Gasteiger partial charge in [-0.3, -0.25) is 9.59 Å². The first-order valence-electron chi connectivity index (χ1n) is 10.0. The maximum absolute atomic E-state index is 13.1. The smallest absolute Gasteiger partial charge is 0.328 e. The van der Waals surface area contributed by atoms with E-state index in [1.807, 2.05) is 0 Å². The molecule has 1 heterocycles. The molecule has 1 aliphatic rings. The Morgan fingerprint density at radius 2 is 1.82 bits per heavy atom. The highest BCUT2D eigenvalue weighted by Gasteiger charge is 2.30. The summed E-state index contributed by atoms with van der Waals surface area (Å²) >= 11 is 0. The van der Waals surface area contributed by atoms with Crippen LogP contribution in [0.2, 0.25) is 0 Å². The Morgan fingerprint density at radius 3 is 2.36 bits per heavy atom. The zero-order chi connectivity index (χ0) is 21.0. The van der Waals surface area contributed by atoms with Crippen molar-refractivity contribution < 1.29 is 19.4 Å².